The average Bonchev–Trinajstić information content (AvgIpc) is 2.76. The van der Waals surface area contributed by atoms with Crippen molar-refractivity contribution in [2.24, 2.45) is 0 Å². The molecule has 0 aliphatic carbocycles. The number of ether oxygens (including phenoxy) is 1. The first kappa shape index (κ1) is 13.5. The molecular weight excluding hydrogens is 262 g/mol. The molecule has 0 saturated heterocycles. The van der Waals surface area contributed by atoms with Gasteiger partial charge in [-0.3, -0.25) is 4.79 Å². The lowest BCUT2D eigenvalue weighted by Gasteiger charge is -2.04. The molecule has 0 fully saturated rings. The van der Waals surface area contributed by atoms with Crippen LogP contribution in [0.3, 0.4) is 0 Å². The molecular formula is C13H15N3O2S. The number of aromatic nitrogens is 2. The van der Waals surface area contributed by atoms with Crippen LogP contribution in [0, 0.1) is 6.92 Å². The molecule has 100 valence electrons. The molecule has 1 aromatic carbocycles. The Morgan fingerprint density at radius 3 is 3.00 bits per heavy atom. The fraction of sp³-hybridized carbons (Fsp3) is 0.308. The van der Waals surface area contributed by atoms with Gasteiger partial charge >= 0.3 is 0 Å². The quantitative estimate of drug-likeness (QED) is 0.911. The van der Waals surface area contributed by atoms with E-state index in [0.29, 0.717) is 18.2 Å². The predicted molar refractivity (Wildman–Crippen MR) is 74.6 cm³/mol. The van der Waals surface area contributed by atoms with Gasteiger partial charge in [0.1, 0.15) is 10.8 Å². The van der Waals surface area contributed by atoms with Crippen LogP contribution < -0.4 is 10.1 Å². The Hall–Kier alpha value is -1.95. The molecule has 2 aromatic rings. The predicted octanol–water partition coefficient (Wildman–Crippen LogP) is 2.43. The second-order valence-electron chi connectivity index (χ2n) is 4.10. The van der Waals surface area contributed by atoms with Gasteiger partial charge in [-0.2, -0.15) is 0 Å². The fourth-order valence-corrected chi connectivity index (χ4v) is 2.28. The number of aryl methyl sites for hydroxylation is 1. The number of hydrogen-bond donors (Lipinski definition) is 1. The minimum absolute atomic E-state index is 0.140. The van der Waals surface area contributed by atoms with Gasteiger partial charge in [-0.05, 0) is 24.6 Å². The van der Waals surface area contributed by atoms with E-state index in [-0.39, 0.29) is 5.91 Å². The normalized spacial score (nSPS) is 10.2. The van der Waals surface area contributed by atoms with Crippen LogP contribution >= 0.6 is 11.3 Å². The highest BCUT2D eigenvalue weighted by molar-refractivity contribution is 7.15. The molecule has 0 spiro atoms. The number of carbonyl (C=O) groups is 1. The van der Waals surface area contributed by atoms with E-state index in [1.165, 1.54) is 23.8 Å². The minimum atomic E-state index is -0.140. The molecule has 19 heavy (non-hydrogen) atoms. The molecule has 0 atom stereocenters. The summed E-state index contributed by atoms with van der Waals surface area (Å²) in [5.41, 5.74) is 1.17. The zero-order valence-electron chi connectivity index (χ0n) is 10.8. The molecule has 5 nitrogen and oxygen atoms in total. The fourth-order valence-electron chi connectivity index (χ4n) is 1.52. The summed E-state index contributed by atoms with van der Waals surface area (Å²) in [5.74, 6) is 0.713. The van der Waals surface area contributed by atoms with Crippen molar-refractivity contribution < 1.29 is 9.53 Å². The molecule has 6 heteroatoms. The van der Waals surface area contributed by atoms with Gasteiger partial charge in [0.05, 0.1) is 6.61 Å². The second-order valence-corrected chi connectivity index (χ2v) is 5.16. The molecule has 1 amide bonds. The Labute approximate surface area is 115 Å². The van der Waals surface area contributed by atoms with Crippen LogP contribution in [0.15, 0.2) is 24.3 Å². The minimum Gasteiger partial charge on any atom is -0.493 e. The summed E-state index contributed by atoms with van der Waals surface area (Å²) >= 11 is 1.37. The monoisotopic (exact) mass is 277 g/mol. The van der Waals surface area contributed by atoms with Crippen LogP contribution in [0.4, 0.5) is 5.13 Å². The summed E-state index contributed by atoms with van der Waals surface area (Å²) in [7, 11) is 0. The van der Waals surface area contributed by atoms with Gasteiger partial charge in [0.2, 0.25) is 11.0 Å². The van der Waals surface area contributed by atoms with E-state index in [4.69, 9.17) is 4.74 Å². The number of hydrogen-bond acceptors (Lipinski definition) is 5. The molecule has 0 aliphatic rings. The largest absolute Gasteiger partial charge is 0.493 e. The van der Waals surface area contributed by atoms with E-state index in [1.54, 1.807) is 0 Å². The zero-order valence-corrected chi connectivity index (χ0v) is 11.7. The first-order valence-corrected chi connectivity index (χ1v) is 6.74. The third-order valence-corrected chi connectivity index (χ3v) is 3.22. The first-order valence-electron chi connectivity index (χ1n) is 5.93. The Bertz CT molecular complexity index is 569. The van der Waals surface area contributed by atoms with Crippen molar-refractivity contribution >= 4 is 22.4 Å². The van der Waals surface area contributed by atoms with Gasteiger partial charge in [-0.1, -0.05) is 23.5 Å². The Kier molecular flexibility index (Phi) is 4.46. The summed E-state index contributed by atoms with van der Waals surface area (Å²) < 4.78 is 5.63. The van der Waals surface area contributed by atoms with E-state index in [9.17, 15) is 4.79 Å². The van der Waals surface area contributed by atoms with Gasteiger partial charge in [0.25, 0.3) is 0 Å². The van der Waals surface area contributed by atoms with E-state index >= 15 is 0 Å². The van der Waals surface area contributed by atoms with E-state index in [0.717, 1.165) is 10.8 Å². The van der Waals surface area contributed by atoms with Crippen LogP contribution in [-0.4, -0.2) is 22.7 Å². The van der Waals surface area contributed by atoms with Crippen molar-refractivity contribution in [1.29, 1.82) is 0 Å². The number of rotatable bonds is 5. The van der Waals surface area contributed by atoms with Crippen LogP contribution in [0.25, 0.3) is 0 Å². The number of benzene rings is 1. The highest BCUT2D eigenvalue weighted by atomic mass is 32.1. The van der Waals surface area contributed by atoms with Gasteiger partial charge in [0, 0.05) is 13.3 Å². The molecule has 1 N–H and O–H groups in total. The van der Waals surface area contributed by atoms with Crippen molar-refractivity contribution in [3.05, 3.63) is 34.8 Å². The van der Waals surface area contributed by atoms with Crippen molar-refractivity contribution in [2.75, 3.05) is 11.9 Å². The molecule has 1 aromatic heterocycles. The molecule has 0 unspecified atom stereocenters. The maximum absolute atomic E-state index is 10.9. The molecule has 0 radical (unpaired) electrons. The first-order chi connectivity index (χ1) is 9.13. The molecule has 0 bridgehead atoms. The Morgan fingerprint density at radius 1 is 1.42 bits per heavy atom. The summed E-state index contributed by atoms with van der Waals surface area (Å²) in [6, 6.07) is 7.90. The van der Waals surface area contributed by atoms with Crippen molar-refractivity contribution in [3.63, 3.8) is 0 Å². The Morgan fingerprint density at radius 2 is 2.26 bits per heavy atom. The van der Waals surface area contributed by atoms with Crippen molar-refractivity contribution in [1.82, 2.24) is 10.2 Å². The maximum Gasteiger partial charge on any atom is 0.223 e. The van der Waals surface area contributed by atoms with E-state index in [2.05, 4.69) is 15.5 Å². The third-order valence-electron chi connectivity index (χ3n) is 2.32. The summed E-state index contributed by atoms with van der Waals surface area (Å²) in [6.45, 7) is 4.01. The van der Waals surface area contributed by atoms with Crippen molar-refractivity contribution in [2.45, 2.75) is 20.3 Å². The van der Waals surface area contributed by atoms with Gasteiger partial charge in [-0.15, -0.1) is 10.2 Å². The lowest BCUT2D eigenvalue weighted by molar-refractivity contribution is -0.114. The van der Waals surface area contributed by atoms with Crippen LogP contribution in [-0.2, 0) is 11.2 Å². The summed E-state index contributed by atoms with van der Waals surface area (Å²) in [5, 5.41) is 11.8. The SMILES string of the molecule is CC(=O)Nc1nnc(CCOc2cccc(C)c2)s1. The number of anilines is 1. The van der Waals surface area contributed by atoms with Gasteiger partial charge < -0.3 is 10.1 Å². The second kappa shape index (κ2) is 6.29. The lowest BCUT2D eigenvalue weighted by atomic mass is 10.2. The van der Waals surface area contributed by atoms with Crippen LogP contribution in [0.1, 0.15) is 17.5 Å². The average molecular weight is 277 g/mol. The van der Waals surface area contributed by atoms with E-state index < -0.39 is 0 Å². The van der Waals surface area contributed by atoms with Crippen molar-refractivity contribution in [3.8, 4) is 5.75 Å². The number of carbonyl (C=O) groups excluding carboxylic acids is 1. The lowest BCUT2D eigenvalue weighted by Crippen LogP contribution is -2.04. The maximum atomic E-state index is 10.9. The topological polar surface area (TPSA) is 64.1 Å². The highest BCUT2D eigenvalue weighted by Crippen LogP contribution is 2.17. The van der Waals surface area contributed by atoms with Crippen LogP contribution in [0.2, 0.25) is 0 Å². The summed E-state index contributed by atoms with van der Waals surface area (Å²) in [4.78, 5) is 10.9. The molecule has 1 heterocycles. The highest BCUT2D eigenvalue weighted by Gasteiger charge is 2.05. The standard InChI is InChI=1S/C13H15N3O2S/c1-9-4-3-5-11(8-9)18-7-6-12-15-16-13(19-12)14-10(2)17/h3-5,8H,6-7H2,1-2H3,(H,14,16,17). The molecule has 0 saturated carbocycles. The smallest absolute Gasteiger partial charge is 0.223 e. The third kappa shape index (κ3) is 4.33. The Balaban J connectivity index is 1.82. The number of nitrogens with one attached hydrogen (secondary N) is 1. The summed E-state index contributed by atoms with van der Waals surface area (Å²) in [6.07, 6.45) is 0.672. The van der Waals surface area contributed by atoms with Crippen LogP contribution in [0.5, 0.6) is 5.75 Å². The van der Waals surface area contributed by atoms with E-state index in [1.807, 2.05) is 31.2 Å². The zero-order chi connectivity index (χ0) is 13.7. The molecule has 0 aliphatic heterocycles. The van der Waals surface area contributed by atoms with Gasteiger partial charge in [-0.25, -0.2) is 0 Å². The number of amides is 1. The number of nitrogens with zero attached hydrogens (tertiary/aromatic N) is 2. The van der Waals surface area contributed by atoms with Gasteiger partial charge in [0.15, 0.2) is 0 Å². The molecule has 2 rings (SSSR count).